The molecule has 0 unspecified atom stereocenters. The van der Waals surface area contributed by atoms with Gasteiger partial charge in [0.2, 0.25) is 0 Å². The first-order valence-corrected chi connectivity index (χ1v) is 9.48. The van der Waals surface area contributed by atoms with Crippen LogP contribution in [0.2, 0.25) is 0 Å². The minimum Gasteiger partial charge on any atom is -0.317 e. The van der Waals surface area contributed by atoms with E-state index < -0.39 is 10.2 Å². The second-order valence-corrected chi connectivity index (χ2v) is 7.41. The van der Waals surface area contributed by atoms with Crippen molar-refractivity contribution in [2.24, 2.45) is 5.41 Å². The van der Waals surface area contributed by atoms with Gasteiger partial charge in [-0.2, -0.15) is 13.1 Å². The average molecular weight is 325 g/mol. The zero-order valence-electron chi connectivity index (χ0n) is 13.8. The molecule has 2 fully saturated rings. The minimum atomic E-state index is -3.41. The van der Waals surface area contributed by atoms with E-state index in [1.54, 1.807) is 0 Å². The summed E-state index contributed by atoms with van der Waals surface area (Å²) in [4.78, 5) is 0. The molecule has 0 radical (unpaired) electrons. The Balaban J connectivity index is 0.000000847. The van der Waals surface area contributed by atoms with Crippen LogP contribution in [0.15, 0.2) is 35.6 Å². The summed E-state index contributed by atoms with van der Waals surface area (Å²) in [5.74, 6) is 0. The molecule has 3 aliphatic heterocycles. The zero-order chi connectivity index (χ0) is 16.4. The molecule has 5 nitrogen and oxygen atoms in total. The maximum absolute atomic E-state index is 12.3. The van der Waals surface area contributed by atoms with Gasteiger partial charge in [-0.3, -0.25) is 4.31 Å². The lowest BCUT2D eigenvalue weighted by Gasteiger charge is -2.36. The van der Waals surface area contributed by atoms with Gasteiger partial charge in [-0.05, 0) is 44.0 Å². The Morgan fingerprint density at radius 1 is 1.27 bits per heavy atom. The van der Waals surface area contributed by atoms with Gasteiger partial charge in [0, 0.05) is 18.5 Å². The Kier molecular flexibility index (Phi) is 5.14. The summed E-state index contributed by atoms with van der Waals surface area (Å²) in [6.45, 7) is 12.7. The summed E-state index contributed by atoms with van der Waals surface area (Å²) < 4.78 is 28.7. The fourth-order valence-electron chi connectivity index (χ4n) is 3.49. The smallest absolute Gasteiger partial charge is 0.301 e. The average Bonchev–Trinajstić information content (AvgIpc) is 2.83. The molecule has 124 valence electrons. The minimum absolute atomic E-state index is 0.0604. The molecule has 3 rings (SSSR count). The first-order valence-electron chi connectivity index (χ1n) is 8.04. The molecule has 0 aromatic heterocycles. The van der Waals surface area contributed by atoms with Crippen molar-refractivity contribution in [3.05, 3.63) is 35.6 Å². The molecule has 2 saturated heterocycles. The highest BCUT2D eigenvalue weighted by Gasteiger charge is 2.49. The quantitative estimate of drug-likeness (QED) is 0.774. The SMILES string of the molecule is C=C1CNS(=O)(=O)N2CC3(CCNCC3)C(/C=C\C)=C12.CC. The van der Waals surface area contributed by atoms with E-state index in [4.69, 9.17) is 0 Å². The first-order chi connectivity index (χ1) is 10.5. The molecule has 22 heavy (non-hydrogen) atoms. The molecule has 0 saturated carbocycles. The normalized spacial score (nSPS) is 26.1. The van der Waals surface area contributed by atoms with Crippen LogP contribution in [0.1, 0.15) is 33.6 Å². The number of hydrogen-bond donors (Lipinski definition) is 2. The summed E-state index contributed by atoms with van der Waals surface area (Å²) in [6.07, 6.45) is 6.01. The Hall–Kier alpha value is -1.11. The van der Waals surface area contributed by atoms with Gasteiger partial charge in [0.15, 0.2) is 0 Å². The number of rotatable bonds is 1. The van der Waals surface area contributed by atoms with Crippen LogP contribution < -0.4 is 10.0 Å². The van der Waals surface area contributed by atoms with Crippen molar-refractivity contribution in [1.29, 1.82) is 0 Å². The molecular formula is C16H27N3O2S. The van der Waals surface area contributed by atoms with Crippen LogP contribution in [-0.4, -0.2) is 38.9 Å². The monoisotopic (exact) mass is 325 g/mol. The lowest BCUT2D eigenvalue weighted by Crippen LogP contribution is -2.47. The van der Waals surface area contributed by atoms with E-state index in [2.05, 4.69) is 22.7 Å². The highest BCUT2D eigenvalue weighted by Crippen LogP contribution is 2.49. The highest BCUT2D eigenvalue weighted by atomic mass is 32.2. The van der Waals surface area contributed by atoms with Gasteiger partial charge in [-0.15, -0.1) is 0 Å². The van der Waals surface area contributed by atoms with Crippen molar-refractivity contribution in [3.63, 3.8) is 0 Å². The molecule has 0 aromatic rings. The molecule has 0 atom stereocenters. The van der Waals surface area contributed by atoms with Crippen LogP contribution in [0, 0.1) is 5.41 Å². The molecular weight excluding hydrogens is 298 g/mol. The number of nitrogens with zero attached hydrogens (tertiary/aromatic N) is 1. The van der Waals surface area contributed by atoms with Crippen LogP contribution in [-0.2, 0) is 10.2 Å². The number of hydrogen-bond acceptors (Lipinski definition) is 3. The largest absolute Gasteiger partial charge is 0.317 e. The van der Waals surface area contributed by atoms with Crippen LogP contribution >= 0.6 is 0 Å². The Morgan fingerprint density at radius 3 is 2.50 bits per heavy atom. The number of allylic oxidation sites excluding steroid dienone is 2. The fraction of sp³-hybridized carbons (Fsp3) is 0.625. The van der Waals surface area contributed by atoms with E-state index in [-0.39, 0.29) is 5.41 Å². The topological polar surface area (TPSA) is 61.4 Å². The highest BCUT2D eigenvalue weighted by molar-refractivity contribution is 7.87. The molecule has 3 aliphatic rings. The Labute approximate surface area is 134 Å². The van der Waals surface area contributed by atoms with Gasteiger partial charge in [0.25, 0.3) is 0 Å². The van der Waals surface area contributed by atoms with Crippen LogP contribution in [0.4, 0.5) is 0 Å². The summed E-state index contributed by atoms with van der Waals surface area (Å²) in [5, 5.41) is 3.36. The first kappa shape index (κ1) is 17.2. The number of nitrogens with one attached hydrogen (secondary N) is 2. The van der Waals surface area contributed by atoms with E-state index in [1.165, 1.54) is 4.31 Å². The molecule has 0 aliphatic carbocycles. The summed E-state index contributed by atoms with van der Waals surface area (Å²) >= 11 is 0. The van der Waals surface area contributed by atoms with Crippen LogP contribution in [0.3, 0.4) is 0 Å². The predicted octanol–water partition coefficient (Wildman–Crippen LogP) is 1.93. The lowest BCUT2D eigenvalue weighted by molar-refractivity contribution is 0.246. The third kappa shape index (κ3) is 2.75. The number of piperidine rings is 1. The maximum Gasteiger partial charge on any atom is 0.301 e. The van der Waals surface area contributed by atoms with E-state index in [1.807, 2.05) is 26.8 Å². The van der Waals surface area contributed by atoms with Crippen molar-refractivity contribution in [2.45, 2.75) is 33.6 Å². The van der Waals surface area contributed by atoms with Crippen molar-refractivity contribution < 1.29 is 8.42 Å². The number of fused-ring (bicyclic) bond motifs is 1. The van der Waals surface area contributed by atoms with Crippen molar-refractivity contribution >= 4 is 10.2 Å². The van der Waals surface area contributed by atoms with E-state index in [0.717, 1.165) is 42.8 Å². The fourth-order valence-corrected chi connectivity index (χ4v) is 4.89. The molecule has 0 bridgehead atoms. The zero-order valence-corrected chi connectivity index (χ0v) is 14.6. The summed E-state index contributed by atoms with van der Waals surface area (Å²) in [6, 6.07) is 0. The van der Waals surface area contributed by atoms with Crippen LogP contribution in [0.5, 0.6) is 0 Å². The molecule has 1 spiro atoms. The third-order valence-corrected chi connectivity index (χ3v) is 5.91. The van der Waals surface area contributed by atoms with E-state index in [0.29, 0.717) is 13.1 Å². The third-order valence-electron chi connectivity index (χ3n) is 4.51. The summed E-state index contributed by atoms with van der Waals surface area (Å²) in [5.41, 5.74) is 2.78. The molecule has 0 aromatic carbocycles. The summed E-state index contributed by atoms with van der Waals surface area (Å²) in [7, 11) is -3.41. The molecule has 2 N–H and O–H groups in total. The van der Waals surface area contributed by atoms with Crippen LogP contribution in [0.25, 0.3) is 0 Å². The second kappa shape index (κ2) is 6.56. The van der Waals surface area contributed by atoms with Gasteiger partial charge >= 0.3 is 10.2 Å². The van der Waals surface area contributed by atoms with E-state index >= 15 is 0 Å². The van der Waals surface area contributed by atoms with Crippen molar-refractivity contribution in [2.75, 3.05) is 26.2 Å². The standard InChI is InChI=1S/C14H21N3O2S.C2H6/c1-3-4-12-13-11(2)9-16-20(18,19)17(13)10-14(12)5-7-15-8-6-14;1-2/h3-4,15-16H,2,5-10H2,1H3;1-2H3/b4-3-;. The van der Waals surface area contributed by atoms with Gasteiger partial charge in [-0.25, -0.2) is 0 Å². The lowest BCUT2D eigenvalue weighted by atomic mass is 9.73. The van der Waals surface area contributed by atoms with Gasteiger partial charge in [-0.1, -0.05) is 32.6 Å². The van der Waals surface area contributed by atoms with Crippen molar-refractivity contribution in [3.8, 4) is 0 Å². The predicted molar refractivity (Wildman–Crippen MR) is 90.5 cm³/mol. The molecule has 6 heteroatoms. The molecule has 3 heterocycles. The Bertz CT molecular complexity index is 599. The van der Waals surface area contributed by atoms with Gasteiger partial charge in [0.1, 0.15) is 0 Å². The van der Waals surface area contributed by atoms with Crippen molar-refractivity contribution in [1.82, 2.24) is 14.3 Å². The van der Waals surface area contributed by atoms with Gasteiger partial charge in [0.05, 0.1) is 5.70 Å². The maximum atomic E-state index is 12.3. The van der Waals surface area contributed by atoms with Gasteiger partial charge < -0.3 is 5.32 Å². The Morgan fingerprint density at radius 2 is 1.91 bits per heavy atom. The van der Waals surface area contributed by atoms with E-state index in [9.17, 15) is 8.42 Å². The molecule has 0 amide bonds. The second-order valence-electron chi connectivity index (χ2n) is 5.73.